The van der Waals surface area contributed by atoms with Crippen LogP contribution in [-0.4, -0.2) is 21.4 Å². The van der Waals surface area contributed by atoms with Crippen molar-refractivity contribution in [2.24, 2.45) is 5.10 Å². The average Bonchev–Trinajstić information content (AvgIpc) is 3.60. The molecule has 214 valence electrons. The predicted octanol–water partition coefficient (Wildman–Crippen LogP) is 8.14. The van der Waals surface area contributed by atoms with Crippen LogP contribution in [0.5, 0.6) is 5.75 Å². The van der Waals surface area contributed by atoms with E-state index in [2.05, 4.69) is 18.2 Å². The Hall–Kier alpha value is -5.75. The molecule has 6 aromatic rings. The van der Waals surface area contributed by atoms with Crippen molar-refractivity contribution in [3.63, 3.8) is 0 Å². The number of carbonyl (C=O) groups is 1. The number of amides is 1. The van der Waals surface area contributed by atoms with Gasteiger partial charge in [0.15, 0.2) is 0 Å². The van der Waals surface area contributed by atoms with E-state index in [1.54, 1.807) is 0 Å². The highest BCUT2D eigenvalue weighted by molar-refractivity contribution is 6.35. The van der Waals surface area contributed by atoms with Crippen molar-refractivity contribution >= 4 is 33.7 Å². The molecule has 7 rings (SSSR count). The summed E-state index contributed by atoms with van der Waals surface area (Å²) in [4.78, 5) is 14.4. The fourth-order valence-corrected chi connectivity index (χ4v) is 5.72. The lowest BCUT2D eigenvalue weighted by Crippen LogP contribution is -2.22. The third-order valence-corrected chi connectivity index (χ3v) is 7.84. The van der Waals surface area contributed by atoms with Gasteiger partial charge >= 0.3 is 0 Å². The Kier molecular flexibility index (Phi) is 7.08. The molecule has 1 aliphatic heterocycles. The van der Waals surface area contributed by atoms with E-state index < -0.39 is 0 Å². The zero-order valence-corrected chi connectivity index (χ0v) is 24.5. The van der Waals surface area contributed by atoms with Gasteiger partial charge in [0.1, 0.15) is 12.4 Å². The second-order valence-electron chi connectivity index (χ2n) is 10.7. The first-order chi connectivity index (χ1) is 21.6. The Morgan fingerprint density at radius 1 is 0.727 bits per heavy atom. The summed E-state index contributed by atoms with van der Waals surface area (Å²) in [5.74, 6) is 0.484. The molecule has 6 nitrogen and oxygen atoms in total. The van der Waals surface area contributed by atoms with Gasteiger partial charge in [0.25, 0.3) is 5.91 Å². The van der Waals surface area contributed by atoms with Gasteiger partial charge in [-0.2, -0.15) is 15.2 Å². The largest absolute Gasteiger partial charge is 0.488 e. The Morgan fingerprint density at radius 2 is 1.36 bits per heavy atom. The molecule has 1 aromatic heterocycles. The van der Waals surface area contributed by atoms with Gasteiger partial charge in [-0.1, -0.05) is 97.1 Å². The minimum atomic E-state index is -0.197. The maximum atomic E-state index is 14.4. The highest BCUT2D eigenvalue weighted by Crippen LogP contribution is 2.42. The first-order valence-corrected chi connectivity index (χ1v) is 14.6. The van der Waals surface area contributed by atoms with Crippen LogP contribution in [0.3, 0.4) is 0 Å². The maximum Gasteiger partial charge on any atom is 0.281 e. The van der Waals surface area contributed by atoms with Crippen molar-refractivity contribution in [1.29, 1.82) is 0 Å². The first kappa shape index (κ1) is 27.1. The lowest BCUT2D eigenvalue weighted by atomic mass is 9.87. The van der Waals surface area contributed by atoms with E-state index in [0.717, 1.165) is 44.4 Å². The van der Waals surface area contributed by atoms with Crippen LogP contribution in [0.25, 0.3) is 22.0 Å². The Labute approximate surface area is 256 Å². The van der Waals surface area contributed by atoms with Crippen LogP contribution in [0.4, 0.5) is 5.69 Å². The van der Waals surface area contributed by atoms with Crippen LogP contribution < -0.4 is 9.75 Å². The second kappa shape index (κ2) is 11.5. The summed E-state index contributed by atoms with van der Waals surface area (Å²) in [6.07, 6.45) is 2.00. The van der Waals surface area contributed by atoms with Gasteiger partial charge in [-0.05, 0) is 60.5 Å². The number of carbonyl (C=O) groups excluding carboxylic acids is 1. The standard InChI is InChI=1S/C38H30N4O2/c1-26-33(24-41(39-26)30-17-8-4-9-18-30)37(35-27(2)40-42(38(35)43)31-19-10-5-11-20-31)36-32-21-13-12-16-29(32)22-23-34(36)44-25-28-14-6-3-7-15-28/h3-24H,25H2,1-2H3. The van der Waals surface area contributed by atoms with E-state index in [-0.39, 0.29) is 5.91 Å². The van der Waals surface area contributed by atoms with Crippen LogP contribution in [0.1, 0.15) is 29.3 Å². The van der Waals surface area contributed by atoms with Gasteiger partial charge in [0, 0.05) is 22.9 Å². The lowest BCUT2D eigenvalue weighted by molar-refractivity contribution is -0.114. The molecule has 0 fully saturated rings. The fourth-order valence-electron chi connectivity index (χ4n) is 5.72. The number of anilines is 1. The third kappa shape index (κ3) is 4.96. The number of nitrogens with zero attached hydrogens (tertiary/aromatic N) is 4. The zero-order chi connectivity index (χ0) is 30.0. The number of aromatic nitrogens is 2. The van der Waals surface area contributed by atoms with Gasteiger partial charge in [0.05, 0.1) is 28.4 Å². The van der Waals surface area contributed by atoms with Gasteiger partial charge < -0.3 is 4.74 Å². The lowest BCUT2D eigenvalue weighted by Gasteiger charge is -2.19. The number of para-hydroxylation sites is 2. The molecular formula is C38H30N4O2. The molecule has 44 heavy (non-hydrogen) atoms. The smallest absolute Gasteiger partial charge is 0.281 e. The predicted molar refractivity (Wildman–Crippen MR) is 176 cm³/mol. The van der Waals surface area contributed by atoms with E-state index >= 15 is 0 Å². The number of hydrazone groups is 1. The number of ether oxygens (including phenoxy) is 1. The average molecular weight is 575 g/mol. The molecule has 1 amide bonds. The normalized spacial score (nSPS) is 14.2. The summed E-state index contributed by atoms with van der Waals surface area (Å²) < 4.78 is 8.44. The number of fused-ring (bicyclic) bond motifs is 1. The van der Waals surface area contributed by atoms with Crippen molar-refractivity contribution in [1.82, 2.24) is 9.78 Å². The Balaban J connectivity index is 1.49. The maximum absolute atomic E-state index is 14.4. The van der Waals surface area contributed by atoms with Gasteiger partial charge in [-0.3, -0.25) is 4.79 Å². The van der Waals surface area contributed by atoms with Crippen LogP contribution >= 0.6 is 0 Å². The molecule has 0 aliphatic carbocycles. The molecule has 0 unspecified atom stereocenters. The van der Waals surface area contributed by atoms with Crippen molar-refractivity contribution in [2.45, 2.75) is 20.5 Å². The summed E-state index contributed by atoms with van der Waals surface area (Å²) in [5, 5.41) is 13.2. The molecule has 0 saturated carbocycles. The van der Waals surface area contributed by atoms with E-state index in [1.807, 2.05) is 134 Å². The van der Waals surface area contributed by atoms with Crippen molar-refractivity contribution in [3.8, 4) is 11.4 Å². The van der Waals surface area contributed by atoms with E-state index in [9.17, 15) is 4.79 Å². The second-order valence-corrected chi connectivity index (χ2v) is 10.7. The van der Waals surface area contributed by atoms with Gasteiger partial charge in [0.2, 0.25) is 0 Å². The highest BCUT2D eigenvalue weighted by Gasteiger charge is 2.35. The van der Waals surface area contributed by atoms with E-state index in [4.69, 9.17) is 14.9 Å². The molecule has 1 aliphatic rings. The van der Waals surface area contributed by atoms with E-state index in [1.165, 1.54) is 5.01 Å². The highest BCUT2D eigenvalue weighted by atomic mass is 16.5. The summed E-state index contributed by atoms with van der Waals surface area (Å²) in [7, 11) is 0. The van der Waals surface area contributed by atoms with E-state index in [0.29, 0.717) is 29.3 Å². The summed E-state index contributed by atoms with van der Waals surface area (Å²) >= 11 is 0. The monoisotopic (exact) mass is 574 g/mol. The molecular weight excluding hydrogens is 544 g/mol. The van der Waals surface area contributed by atoms with Gasteiger partial charge in [-0.15, -0.1) is 0 Å². The molecule has 0 spiro atoms. The molecule has 6 heteroatoms. The van der Waals surface area contributed by atoms with Crippen LogP contribution in [0.15, 0.2) is 144 Å². The SMILES string of the molecule is CC1=NN(c2ccccc2)C(=O)C1=C(c1cn(-c2ccccc2)nc1C)c1c(OCc2ccccc2)ccc2ccccc12. The van der Waals surface area contributed by atoms with Crippen LogP contribution in [0, 0.1) is 6.92 Å². The number of hydrogen-bond acceptors (Lipinski definition) is 4. The van der Waals surface area contributed by atoms with Crippen LogP contribution in [-0.2, 0) is 11.4 Å². The minimum absolute atomic E-state index is 0.197. The summed E-state index contributed by atoms with van der Waals surface area (Å²) in [5.41, 5.74) is 7.04. The minimum Gasteiger partial charge on any atom is -0.488 e. The van der Waals surface area contributed by atoms with Crippen LogP contribution in [0.2, 0.25) is 0 Å². The number of rotatable bonds is 7. The topological polar surface area (TPSA) is 59.7 Å². The molecule has 0 radical (unpaired) electrons. The number of benzene rings is 5. The molecule has 0 atom stereocenters. The molecule has 0 bridgehead atoms. The molecule has 5 aromatic carbocycles. The third-order valence-electron chi connectivity index (χ3n) is 7.84. The number of hydrogen-bond donors (Lipinski definition) is 0. The van der Waals surface area contributed by atoms with Crippen molar-refractivity contribution in [2.75, 3.05) is 5.01 Å². The number of aryl methyl sites for hydroxylation is 1. The molecule has 2 heterocycles. The van der Waals surface area contributed by atoms with Crippen molar-refractivity contribution < 1.29 is 9.53 Å². The quantitative estimate of drug-likeness (QED) is 0.181. The fraction of sp³-hybridized carbons (Fsp3) is 0.0789. The van der Waals surface area contributed by atoms with Crippen molar-refractivity contribution in [3.05, 3.63) is 162 Å². The van der Waals surface area contributed by atoms with Gasteiger partial charge in [-0.25, -0.2) is 4.68 Å². The zero-order valence-electron chi connectivity index (χ0n) is 24.5. The first-order valence-electron chi connectivity index (χ1n) is 14.6. The molecule has 0 saturated heterocycles. The Morgan fingerprint density at radius 3 is 2.09 bits per heavy atom. The summed E-state index contributed by atoms with van der Waals surface area (Å²) in [6, 6.07) is 41.9. The Bertz CT molecular complexity index is 2050. The summed E-state index contributed by atoms with van der Waals surface area (Å²) in [6.45, 7) is 4.25. The molecule has 0 N–H and O–H groups in total.